The average Bonchev–Trinajstić information content (AvgIpc) is 3.22. The van der Waals surface area contributed by atoms with Gasteiger partial charge < -0.3 is 14.2 Å². The number of halogens is 5. The number of carbonyl (C=O) groups is 1. The van der Waals surface area contributed by atoms with E-state index in [-0.39, 0.29) is 28.1 Å². The molecule has 0 fully saturated rings. The van der Waals surface area contributed by atoms with Gasteiger partial charge in [-0.2, -0.15) is 13.2 Å². The zero-order chi connectivity index (χ0) is 29.9. The molecule has 216 valence electrons. The number of aromatic nitrogens is 1. The minimum absolute atomic E-state index is 0.104. The van der Waals surface area contributed by atoms with Crippen LogP contribution in [0.15, 0.2) is 70.1 Å². The van der Waals surface area contributed by atoms with Crippen LogP contribution in [0.1, 0.15) is 31.0 Å². The third-order valence-electron chi connectivity index (χ3n) is 5.76. The molecule has 0 aliphatic carbocycles. The van der Waals surface area contributed by atoms with Gasteiger partial charge in [0.05, 0.1) is 32.9 Å². The first-order chi connectivity index (χ1) is 19.5. The second-order valence-electron chi connectivity index (χ2n) is 8.48. The Balaban J connectivity index is 1.98. The van der Waals surface area contributed by atoms with Gasteiger partial charge in [-0.25, -0.2) is 9.79 Å². The molecule has 0 saturated carbocycles. The van der Waals surface area contributed by atoms with Crippen LogP contribution in [0.5, 0.6) is 11.5 Å². The number of nitrogens with zero attached hydrogens (tertiary/aromatic N) is 2. The van der Waals surface area contributed by atoms with Gasteiger partial charge in [0.25, 0.3) is 5.56 Å². The molecule has 1 atom stereocenters. The van der Waals surface area contributed by atoms with Crippen LogP contribution in [-0.4, -0.2) is 36.5 Å². The van der Waals surface area contributed by atoms with Crippen LogP contribution < -0.4 is 24.4 Å². The highest BCUT2D eigenvalue weighted by Gasteiger charge is 2.45. The number of allylic oxidation sites excluding steroid dienone is 1. The quantitative estimate of drug-likeness (QED) is 0.165. The topological polar surface area (TPSA) is 79.1 Å². The van der Waals surface area contributed by atoms with Gasteiger partial charge in [-0.1, -0.05) is 47.7 Å². The summed E-state index contributed by atoms with van der Waals surface area (Å²) in [5, 5.41) is 0.332. The molecule has 2 aromatic carbocycles. The lowest BCUT2D eigenvalue weighted by molar-refractivity contribution is -0.140. The summed E-state index contributed by atoms with van der Waals surface area (Å²) in [7, 11) is 0. The van der Waals surface area contributed by atoms with Crippen molar-refractivity contribution in [1.29, 1.82) is 0 Å². The van der Waals surface area contributed by atoms with Crippen LogP contribution in [0.25, 0.3) is 6.08 Å². The lowest BCUT2D eigenvalue weighted by atomic mass is 9.95. The largest absolute Gasteiger partial charge is 0.490 e. The van der Waals surface area contributed by atoms with Gasteiger partial charge in [0, 0.05) is 5.02 Å². The fourth-order valence-electron chi connectivity index (χ4n) is 4.17. The van der Waals surface area contributed by atoms with Gasteiger partial charge in [0.15, 0.2) is 22.0 Å². The summed E-state index contributed by atoms with van der Waals surface area (Å²) in [6, 6.07) is 7.83. The first-order valence-electron chi connectivity index (χ1n) is 12.3. The molecule has 2 heterocycles. The maximum Gasteiger partial charge on any atom is 0.434 e. The Bertz CT molecular complexity index is 1700. The van der Waals surface area contributed by atoms with Crippen molar-refractivity contribution in [3.63, 3.8) is 0 Å². The molecule has 13 heteroatoms. The number of alkyl halides is 3. The lowest BCUT2D eigenvalue weighted by Crippen LogP contribution is -2.41. The van der Waals surface area contributed by atoms with Crippen LogP contribution in [0.3, 0.4) is 0 Å². The van der Waals surface area contributed by atoms with Crippen molar-refractivity contribution in [3.05, 3.63) is 99.7 Å². The molecule has 1 aromatic heterocycles. The van der Waals surface area contributed by atoms with Crippen LogP contribution in [0.4, 0.5) is 13.2 Å². The van der Waals surface area contributed by atoms with Gasteiger partial charge in [-0.3, -0.25) is 9.36 Å². The molecule has 0 amide bonds. The van der Waals surface area contributed by atoms with Crippen molar-refractivity contribution in [2.24, 2.45) is 4.99 Å². The predicted molar refractivity (Wildman–Crippen MR) is 158 cm³/mol. The number of hydrogen-bond acceptors (Lipinski definition) is 7. The fourth-order valence-corrected chi connectivity index (χ4v) is 6.08. The monoisotopic (exact) mass is 718 g/mol. The van der Waals surface area contributed by atoms with Gasteiger partial charge in [-0.05, 0) is 77.9 Å². The fraction of sp³-hybridized carbons (Fsp3) is 0.250. The summed E-state index contributed by atoms with van der Waals surface area (Å²) in [6.07, 6.45) is -1.87. The first-order valence-corrected chi connectivity index (χ1v) is 14.5. The van der Waals surface area contributed by atoms with Crippen molar-refractivity contribution >= 4 is 57.6 Å². The maximum absolute atomic E-state index is 14.3. The zero-order valence-corrected chi connectivity index (χ0v) is 25.5. The minimum atomic E-state index is -4.99. The molecule has 0 saturated heterocycles. The van der Waals surface area contributed by atoms with E-state index in [2.05, 4.69) is 34.2 Å². The molecule has 1 aliphatic rings. The number of ether oxygens (including phenoxy) is 3. The highest BCUT2D eigenvalue weighted by molar-refractivity contribution is 14.1. The minimum Gasteiger partial charge on any atom is -0.490 e. The molecule has 41 heavy (non-hydrogen) atoms. The van der Waals surface area contributed by atoms with Crippen molar-refractivity contribution in [3.8, 4) is 11.5 Å². The molecule has 3 aromatic rings. The van der Waals surface area contributed by atoms with Crippen LogP contribution in [0, 0.1) is 3.57 Å². The predicted octanol–water partition coefficient (Wildman–Crippen LogP) is 5.56. The lowest BCUT2D eigenvalue weighted by Gasteiger charge is -2.26. The Hall–Kier alpha value is -3.10. The van der Waals surface area contributed by atoms with E-state index >= 15 is 0 Å². The number of hydrogen-bond donors (Lipinski definition) is 0. The van der Waals surface area contributed by atoms with Crippen molar-refractivity contribution in [1.82, 2.24) is 4.57 Å². The highest BCUT2D eigenvalue weighted by atomic mass is 127. The first kappa shape index (κ1) is 30.8. The summed E-state index contributed by atoms with van der Waals surface area (Å²) in [6.45, 7) is 7.37. The van der Waals surface area contributed by atoms with Crippen molar-refractivity contribution < 1.29 is 32.2 Å². The molecular weight excluding hydrogens is 696 g/mol. The second kappa shape index (κ2) is 12.8. The third kappa shape index (κ3) is 6.54. The van der Waals surface area contributed by atoms with E-state index in [1.165, 1.54) is 37.3 Å². The summed E-state index contributed by atoms with van der Waals surface area (Å²) < 4.78 is 61.2. The van der Waals surface area contributed by atoms with Gasteiger partial charge in [0.2, 0.25) is 0 Å². The summed E-state index contributed by atoms with van der Waals surface area (Å²) >= 11 is 8.86. The highest BCUT2D eigenvalue weighted by Crippen LogP contribution is 2.39. The van der Waals surface area contributed by atoms with Gasteiger partial charge in [-0.15, -0.1) is 0 Å². The van der Waals surface area contributed by atoms with E-state index < -0.39 is 35.0 Å². The number of thiazole rings is 1. The normalized spacial score (nSPS) is 15.3. The number of fused-ring (bicyclic) bond motifs is 1. The van der Waals surface area contributed by atoms with Gasteiger partial charge >= 0.3 is 12.1 Å². The maximum atomic E-state index is 14.3. The Morgan fingerprint density at radius 3 is 2.51 bits per heavy atom. The standard InChI is InChI=1S/C28H23ClF3IN2O5S/c1-4-11-40-23-18(33)12-15(13-19(23)38-5-2)14-20-25(36)35-22(16-7-9-17(29)10-8-16)21(26(37)39-6-3)24(28(30,31)32)34-27(35)41-20/h4,7-10,12-14,22H,1,5-6,11H2,2-3H3/b20-14-/t22-/m1/s1. The van der Waals surface area contributed by atoms with E-state index in [9.17, 15) is 22.8 Å². The van der Waals surface area contributed by atoms with E-state index in [0.717, 1.165) is 15.9 Å². The Kier molecular flexibility index (Phi) is 9.65. The van der Waals surface area contributed by atoms with Crippen molar-refractivity contribution in [2.45, 2.75) is 26.1 Å². The molecule has 1 aliphatic heterocycles. The molecule has 0 radical (unpaired) electrons. The van der Waals surface area contributed by atoms with Crippen LogP contribution >= 0.6 is 45.5 Å². The zero-order valence-electron chi connectivity index (χ0n) is 21.8. The molecule has 7 nitrogen and oxygen atoms in total. The van der Waals surface area contributed by atoms with Crippen LogP contribution in [-0.2, 0) is 9.53 Å². The summed E-state index contributed by atoms with van der Waals surface area (Å²) in [5.74, 6) is -0.283. The number of benzene rings is 2. The smallest absolute Gasteiger partial charge is 0.434 e. The Labute approximate surface area is 255 Å². The van der Waals surface area contributed by atoms with E-state index in [1.807, 2.05) is 6.92 Å². The number of carbonyl (C=O) groups excluding carboxylic acids is 1. The Morgan fingerprint density at radius 1 is 1.20 bits per heavy atom. The van der Waals surface area contributed by atoms with Gasteiger partial charge in [0.1, 0.15) is 6.61 Å². The summed E-state index contributed by atoms with van der Waals surface area (Å²) in [5.41, 5.74) is -2.04. The van der Waals surface area contributed by atoms with Crippen molar-refractivity contribution in [2.75, 3.05) is 19.8 Å². The summed E-state index contributed by atoms with van der Waals surface area (Å²) in [4.78, 5) is 30.3. The second-order valence-corrected chi connectivity index (χ2v) is 11.1. The molecule has 0 N–H and O–H groups in total. The van der Waals surface area contributed by atoms with E-state index in [1.54, 1.807) is 18.2 Å². The molecule has 0 unspecified atom stereocenters. The SMILES string of the molecule is C=CCOc1c(I)cc(/C=c2\sc3n(c2=O)[C@H](c2ccc(Cl)cc2)C(C(=O)OCC)=C(C(F)(F)F)N=3)cc1OCC. The molecule has 4 rings (SSSR count). The molecule has 0 spiro atoms. The van der Waals surface area contributed by atoms with Crippen LogP contribution in [0.2, 0.25) is 5.02 Å². The number of rotatable bonds is 9. The van der Waals surface area contributed by atoms with E-state index in [4.69, 9.17) is 25.8 Å². The van der Waals surface area contributed by atoms with E-state index in [0.29, 0.717) is 32.3 Å². The molecule has 0 bridgehead atoms. The molecular formula is C28H23ClF3IN2O5S. The Morgan fingerprint density at radius 2 is 1.90 bits per heavy atom. The number of esters is 1. The third-order valence-corrected chi connectivity index (χ3v) is 7.79. The average molecular weight is 719 g/mol.